The number of hydrogen-bond acceptors (Lipinski definition) is 11. The fourth-order valence-corrected chi connectivity index (χ4v) is 10.7. The zero-order valence-corrected chi connectivity index (χ0v) is 36.4. The largest absolute Gasteiger partial charge is 0.480 e. The summed E-state index contributed by atoms with van der Waals surface area (Å²) in [6.07, 6.45) is 9.07. The molecule has 2 aromatic carbocycles. The molecule has 1 saturated carbocycles. The molecule has 63 heavy (non-hydrogen) atoms. The number of halogens is 3. The highest BCUT2D eigenvalue weighted by molar-refractivity contribution is 6.33. The van der Waals surface area contributed by atoms with E-state index in [1.165, 1.54) is 4.57 Å². The Labute approximate surface area is 367 Å². The number of rotatable bonds is 8. The van der Waals surface area contributed by atoms with Crippen LogP contribution < -0.4 is 36.0 Å². The van der Waals surface area contributed by atoms with Crippen LogP contribution in [0.4, 0.5) is 37.6 Å². The summed E-state index contributed by atoms with van der Waals surface area (Å²) in [5.74, 6) is -3.12. The Hall–Kier alpha value is -5.48. The van der Waals surface area contributed by atoms with E-state index in [2.05, 4.69) is 53.5 Å². The van der Waals surface area contributed by atoms with Crippen LogP contribution in [0.25, 0.3) is 21.8 Å². The van der Waals surface area contributed by atoms with E-state index in [0.29, 0.717) is 72.2 Å². The molecule has 10 rings (SSSR count). The fraction of sp³-hybridized carbons (Fsp3) is 0.500. The number of hydrogen-bond donors (Lipinski definition) is 4. The molecule has 5 aliphatic rings. The molecule has 4 N–H and O–H groups in total. The number of nitrogens with one attached hydrogen (secondary N) is 3. The summed E-state index contributed by atoms with van der Waals surface area (Å²) in [6.45, 7) is 4.10. The third-order valence-corrected chi connectivity index (χ3v) is 14.8. The minimum absolute atomic E-state index is 0.0985. The Balaban J connectivity index is 0.789. The number of carbonyl (C=O) groups is 2. The summed E-state index contributed by atoms with van der Waals surface area (Å²) in [6, 6.07) is 10.6. The molecule has 3 saturated heterocycles. The predicted octanol–water partition coefficient (Wildman–Crippen LogP) is 6.84. The first-order valence-electron chi connectivity index (χ1n) is 22.0. The number of aryl methyl sites for hydroxylation is 2. The molecule has 0 bridgehead atoms. The molecule has 17 heteroatoms. The van der Waals surface area contributed by atoms with Gasteiger partial charge in [-0.3, -0.25) is 19.7 Å². The molecule has 3 atom stereocenters. The van der Waals surface area contributed by atoms with Crippen molar-refractivity contribution in [3.05, 3.63) is 69.7 Å². The van der Waals surface area contributed by atoms with Crippen molar-refractivity contribution in [3.63, 3.8) is 0 Å². The number of nitrogens with zero attached hydrogens (tertiary/aromatic N) is 6. The van der Waals surface area contributed by atoms with E-state index in [0.717, 1.165) is 60.9 Å². The molecule has 0 radical (unpaired) electrons. The second-order valence-electron chi connectivity index (χ2n) is 18.4. The maximum atomic E-state index is 15.2. The van der Waals surface area contributed by atoms with Gasteiger partial charge in [-0.05, 0) is 106 Å². The van der Waals surface area contributed by atoms with Crippen LogP contribution in [0.2, 0.25) is 5.02 Å². The summed E-state index contributed by atoms with van der Waals surface area (Å²) < 4.78 is 39.4. The third kappa shape index (κ3) is 7.51. The van der Waals surface area contributed by atoms with Crippen LogP contribution in [0.15, 0.2) is 53.6 Å². The zero-order chi connectivity index (χ0) is 43.9. The Morgan fingerprint density at radius 2 is 1.63 bits per heavy atom. The van der Waals surface area contributed by atoms with Gasteiger partial charge in [-0.2, -0.15) is 4.98 Å². The van der Waals surface area contributed by atoms with Gasteiger partial charge in [-0.1, -0.05) is 17.7 Å². The number of imide groups is 1. The highest BCUT2D eigenvalue weighted by Crippen LogP contribution is 2.46. The molecule has 1 aliphatic carbocycles. The molecule has 4 aliphatic heterocycles. The summed E-state index contributed by atoms with van der Waals surface area (Å²) in [7, 11) is 3.59. The normalized spacial score (nSPS) is 23.2. The number of fused-ring (bicyclic) bond motifs is 4. The van der Waals surface area contributed by atoms with Gasteiger partial charge in [0.25, 0.3) is 5.56 Å². The molecule has 0 spiro atoms. The SMILES string of the molecule is Cn1cc(C2CCC(=O)NC2=O)c2ccc(N3CCC([C@@](C)(O)C4CCN(c5ncc(Cl)c(Nc6ccc7c(c6)c6c(c(=O)n7C)OCC(F)(F)[C@H](C7CC7)N6)n5)CC4)CC3)cc21. The van der Waals surface area contributed by atoms with Gasteiger partial charge in [0.15, 0.2) is 12.4 Å². The van der Waals surface area contributed by atoms with E-state index in [4.69, 9.17) is 21.3 Å². The number of aromatic nitrogens is 4. The summed E-state index contributed by atoms with van der Waals surface area (Å²) in [5, 5.41) is 22.8. The van der Waals surface area contributed by atoms with Crippen LogP contribution in [0.5, 0.6) is 5.75 Å². The van der Waals surface area contributed by atoms with Gasteiger partial charge < -0.3 is 39.4 Å². The Morgan fingerprint density at radius 1 is 0.921 bits per heavy atom. The van der Waals surface area contributed by atoms with Crippen molar-refractivity contribution in [2.75, 3.05) is 53.2 Å². The predicted molar refractivity (Wildman–Crippen MR) is 239 cm³/mol. The lowest BCUT2D eigenvalue weighted by molar-refractivity contribution is -0.134. The average molecular weight is 884 g/mol. The standard InChI is InChI=1S/C46H52ClF2N9O5/c1-45(62,26-12-16-57(17-13-26)29-7-8-30-33(23-55(2)36(30)21-29)31-9-11-37(59)52-42(31)60)27-14-18-58(19-15-27)44-50-22-34(47)41(54-44)51-28-6-10-35-32(20-28)38-39(43(61)56(35)3)63-24-46(48,49)40(53-38)25-4-5-25/h6-8,10,20-23,25-27,31,40,53,62H,4-5,9,11-19,24H2,1-3H3,(H,50,51,54)(H,52,59,60)/t31?,40-,45+/m0/s1. The number of piperidine rings is 3. The van der Waals surface area contributed by atoms with Gasteiger partial charge in [0.2, 0.25) is 23.5 Å². The van der Waals surface area contributed by atoms with Gasteiger partial charge >= 0.3 is 5.92 Å². The maximum Gasteiger partial charge on any atom is 0.301 e. The number of carbonyl (C=O) groups excluding carboxylic acids is 2. The highest BCUT2D eigenvalue weighted by atomic mass is 35.5. The van der Waals surface area contributed by atoms with E-state index in [1.807, 2.05) is 20.2 Å². The van der Waals surface area contributed by atoms with Crippen molar-refractivity contribution in [1.82, 2.24) is 24.4 Å². The average Bonchev–Trinajstić information content (AvgIpc) is 4.08. The lowest BCUT2D eigenvalue weighted by Crippen LogP contribution is -2.51. The van der Waals surface area contributed by atoms with Gasteiger partial charge in [0, 0.05) is 75.0 Å². The van der Waals surface area contributed by atoms with Gasteiger partial charge in [-0.15, -0.1) is 0 Å². The smallest absolute Gasteiger partial charge is 0.301 e. The zero-order valence-electron chi connectivity index (χ0n) is 35.6. The topological polar surface area (TPSA) is 159 Å². The van der Waals surface area contributed by atoms with Gasteiger partial charge in [0.05, 0.1) is 40.5 Å². The molecule has 5 aromatic rings. The first kappa shape index (κ1) is 41.5. The first-order valence-corrected chi connectivity index (χ1v) is 22.4. The number of ether oxygens (including phenoxy) is 1. The van der Waals surface area contributed by atoms with E-state index in [-0.39, 0.29) is 46.9 Å². The number of benzene rings is 2. The Kier molecular flexibility index (Phi) is 10.3. The molecule has 3 aromatic heterocycles. The van der Waals surface area contributed by atoms with E-state index >= 15 is 8.78 Å². The summed E-state index contributed by atoms with van der Waals surface area (Å²) in [5.41, 5.74) is 3.19. The number of anilines is 5. The van der Waals surface area contributed by atoms with Crippen molar-refractivity contribution in [2.24, 2.45) is 31.8 Å². The highest BCUT2D eigenvalue weighted by Gasteiger charge is 2.51. The van der Waals surface area contributed by atoms with Crippen molar-refractivity contribution in [2.45, 2.75) is 81.8 Å². The quantitative estimate of drug-likeness (QED) is 0.121. The van der Waals surface area contributed by atoms with E-state index < -0.39 is 29.7 Å². The fourth-order valence-electron chi connectivity index (χ4n) is 10.6. The third-order valence-electron chi connectivity index (χ3n) is 14.5. The Bertz CT molecular complexity index is 2700. The molecule has 14 nitrogen and oxygen atoms in total. The molecule has 7 heterocycles. The minimum atomic E-state index is -3.14. The number of pyridine rings is 1. The monoisotopic (exact) mass is 883 g/mol. The number of alkyl halides is 2. The van der Waals surface area contributed by atoms with Gasteiger partial charge in [0.1, 0.15) is 5.02 Å². The second kappa shape index (κ2) is 15.6. The van der Waals surface area contributed by atoms with Crippen LogP contribution in [0.1, 0.15) is 69.8 Å². The molecule has 1 unspecified atom stereocenters. The van der Waals surface area contributed by atoms with Crippen molar-refractivity contribution < 1.29 is 28.2 Å². The van der Waals surface area contributed by atoms with Crippen molar-refractivity contribution >= 4 is 74.0 Å². The van der Waals surface area contributed by atoms with Crippen molar-refractivity contribution in [3.8, 4) is 5.75 Å². The van der Waals surface area contributed by atoms with Crippen LogP contribution >= 0.6 is 11.6 Å². The Morgan fingerprint density at radius 3 is 2.33 bits per heavy atom. The molecule has 2 amide bonds. The second-order valence-corrected chi connectivity index (χ2v) is 18.9. The molecule has 332 valence electrons. The lowest BCUT2D eigenvalue weighted by Gasteiger charge is -2.46. The number of amides is 2. The van der Waals surface area contributed by atoms with Crippen LogP contribution in [-0.2, 0) is 23.7 Å². The van der Waals surface area contributed by atoms with Crippen LogP contribution in [0, 0.1) is 17.8 Å². The maximum absolute atomic E-state index is 15.2. The summed E-state index contributed by atoms with van der Waals surface area (Å²) >= 11 is 6.64. The van der Waals surface area contributed by atoms with E-state index in [1.54, 1.807) is 31.4 Å². The molecule has 4 fully saturated rings. The van der Waals surface area contributed by atoms with E-state index in [9.17, 15) is 19.5 Å². The lowest BCUT2D eigenvalue weighted by atomic mass is 9.70. The summed E-state index contributed by atoms with van der Waals surface area (Å²) in [4.78, 5) is 51.6. The van der Waals surface area contributed by atoms with Crippen molar-refractivity contribution in [1.29, 1.82) is 0 Å². The van der Waals surface area contributed by atoms with Crippen LogP contribution in [0.3, 0.4) is 0 Å². The van der Waals surface area contributed by atoms with Gasteiger partial charge in [-0.25, -0.2) is 13.8 Å². The minimum Gasteiger partial charge on any atom is -0.480 e. The number of aliphatic hydroxyl groups is 1. The first-order chi connectivity index (χ1) is 30.2. The molecular weight excluding hydrogens is 832 g/mol. The van der Waals surface area contributed by atoms with Crippen LogP contribution in [-0.4, -0.2) is 86.4 Å². The molecular formula is C46H52ClF2N9O5.